The van der Waals surface area contributed by atoms with Gasteiger partial charge in [0.1, 0.15) is 6.04 Å². The lowest BCUT2D eigenvalue weighted by molar-refractivity contribution is -0.137. The van der Waals surface area contributed by atoms with Gasteiger partial charge in [-0.05, 0) is 55.8 Å². The largest absolute Gasteiger partial charge is 0.493 e. The van der Waals surface area contributed by atoms with Crippen LogP contribution in [-0.2, 0) is 14.4 Å². The summed E-state index contributed by atoms with van der Waals surface area (Å²) in [5.74, 6) is 1.02. The molecule has 0 bridgehead atoms. The monoisotopic (exact) mass is 505 g/mol. The van der Waals surface area contributed by atoms with Crippen LogP contribution in [0.1, 0.15) is 32.3 Å². The molecule has 182 valence electrons. The van der Waals surface area contributed by atoms with E-state index in [0.717, 1.165) is 23.1 Å². The van der Waals surface area contributed by atoms with Gasteiger partial charge in [0.15, 0.2) is 11.5 Å². The number of imide groups is 1. The van der Waals surface area contributed by atoms with E-state index in [-0.39, 0.29) is 35.0 Å². The number of carbonyl (C=O) groups is 4. The van der Waals surface area contributed by atoms with Crippen LogP contribution in [0, 0.1) is 0 Å². The topological polar surface area (TPSA) is 105 Å². The van der Waals surface area contributed by atoms with Crippen LogP contribution in [0.5, 0.6) is 11.5 Å². The minimum atomic E-state index is -0.519. The number of nitrogens with zero attached hydrogens (tertiary/aromatic N) is 2. The lowest BCUT2D eigenvalue weighted by Gasteiger charge is -2.29. The molecular formula is C23H27N3O6S2. The van der Waals surface area contributed by atoms with Gasteiger partial charge in [0, 0.05) is 25.3 Å². The Labute approximate surface area is 206 Å². The lowest BCUT2D eigenvalue weighted by atomic mass is 10.2. The molecule has 0 spiro atoms. The maximum Gasteiger partial charge on any atom is 0.293 e. The van der Waals surface area contributed by atoms with Crippen LogP contribution in [0.4, 0.5) is 4.79 Å². The van der Waals surface area contributed by atoms with E-state index < -0.39 is 11.9 Å². The predicted octanol–water partition coefficient (Wildman–Crippen LogP) is 2.70. The van der Waals surface area contributed by atoms with E-state index >= 15 is 0 Å². The van der Waals surface area contributed by atoms with Crippen molar-refractivity contribution in [2.45, 2.75) is 37.6 Å². The van der Waals surface area contributed by atoms with Crippen LogP contribution in [-0.4, -0.2) is 76.2 Å². The normalized spacial score (nSPS) is 25.3. The number of fused-ring (bicyclic) bond motifs is 1. The molecule has 1 aromatic carbocycles. The third-order valence-electron chi connectivity index (χ3n) is 6.04. The molecule has 0 radical (unpaired) electrons. The maximum atomic E-state index is 12.8. The van der Waals surface area contributed by atoms with Gasteiger partial charge in [-0.2, -0.15) is 0 Å². The van der Waals surface area contributed by atoms with Crippen molar-refractivity contribution in [2.24, 2.45) is 0 Å². The Hall–Kier alpha value is -2.66. The van der Waals surface area contributed by atoms with Gasteiger partial charge >= 0.3 is 0 Å². The van der Waals surface area contributed by atoms with Gasteiger partial charge in [-0.25, -0.2) is 0 Å². The average Bonchev–Trinajstić information content (AvgIpc) is 3.40. The molecule has 4 amide bonds. The quantitative estimate of drug-likeness (QED) is 0.538. The van der Waals surface area contributed by atoms with Crippen LogP contribution < -0.4 is 14.8 Å². The molecule has 9 nitrogen and oxygen atoms in total. The first-order valence-electron chi connectivity index (χ1n) is 11.1. The highest BCUT2D eigenvalue weighted by Gasteiger charge is 2.52. The number of nitrogens with one attached hydrogen (secondary N) is 1. The standard InChI is InChI=1S/C23H27N3O6S2/c1-4-32-16-6-5-14(11-17(16)31-3)12-18-21(29)25(22(30)34-18)10-9-24-20(28)15-13-33-23(2)8-7-19(27)26(15)23/h5-6,11-12,15H,4,7-10,13H2,1-3H3,(H,24,28)/b18-12-. The van der Waals surface area contributed by atoms with Gasteiger partial charge in [0.25, 0.3) is 11.1 Å². The predicted molar refractivity (Wildman–Crippen MR) is 131 cm³/mol. The molecule has 3 heterocycles. The van der Waals surface area contributed by atoms with E-state index in [1.54, 1.807) is 40.9 Å². The Morgan fingerprint density at radius 1 is 1.29 bits per heavy atom. The number of benzene rings is 1. The second-order valence-electron chi connectivity index (χ2n) is 8.23. The fourth-order valence-corrected chi connectivity index (χ4v) is 6.61. The van der Waals surface area contributed by atoms with Gasteiger partial charge in [-0.15, -0.1) is 11.8 Å². The van der Waals surface area contributed by atoms with Crippen LogP contribution in [0.3, 0.4) is 0 Å². The molecule has 1 N–H and O–H groups in total. The van der Waals surface area contributed by atoms with Crippen molar-refractivity contribution in [3.63, 3.8) is 0 Å². The highest BCUT2D eigenvalue weighted by atomic mass is 32.2. The second-order valence-corrected chi connectivity index (χ2v) is 10.7. The minimum Gasteiger partial charge on any atom is -0.493 e. The summed E-state index contributed by atoms with van der Waals surface area (Å²) in [5, 5.41) is 2.40. The Bertz CT molecular complexity index is 1060. The summed E-state index contributed by atoms with van der Waals surface area (Å²) in [7, 11) is 1.54. The molecule has 11 heteroatoms. The zero-order valence-electron chi connectivity index (χ0n) is 19.3. The number of hydrogen-bond acceptors (Lipinski definition) is 8. The summed E-state index contributed by atoms with van der Waals surface area (Å²) >= 11 is 2.48. The van der Waals surface area contributed by atoms with Crippen molar-refractivity contribution < 1.29 is 28.7 Å². The Morgan fingerprint density at radius 2 is 2.09 bits per heavy atom. The third kappa shape index (κ3) is 4.63. The van der Waals surface area contributed by atoms with E-state index in [0.29, 0.717) is 40.7 Å². The molecule has 4 rings (SSSR count). The SMILES string of the molecule is CCOc1ccc(/C=C2\SC(=O)N(CCNC(=O)C3CSC4(C)CCC(=O)N34)C2=O)cc1OC. The highest BCUT2D eigenvalue weighted by Crippen LogP contribution is 2.47. The van der Waals surface area contributed by atoms with Crippen molar-refractivity contribution in [1.82, 2.24) is 15.1 Å². The van der Waals surface area contributed by atoms with Crippen LogP contribution in [0.15, 0.2) is 23.1 Å². The number of amides is 4. The molecular weight excluding hydrogens is 478 g/mol. The molecule has 3 fully saturated rings. The third-order valence-corrected chi connectivity index (χ3v) is 8.45. The molecule has 0 aromatic heterocycles. The molecule has 3 saturated heterocycles. The molecule has 3 aliphatic heterocycles. The number of thioether (sulfide) groups is 2. The van der Waals surface area contributed by atoms with Crippen LogP contribution >= 0.6 is 23.5 Å². The molecule has 3 aliphatic rings. The van der Waals surface area contributed by atoms with Gasteiger partial charge < -0.3 is 19.7 Å². The summed E-state index contributed by atoms with van der Waals surface area (Å²) in [6.45, 7) is 4.55. The van der Waals surface area contributed by atoms with Crippen molar-refractivity contribution in [2.75, 3.05) is 32.6 Å². The summed E-state index contributed by atoms with van der Waals surface area (Å²) in [6, 6.07) is 4.76. The lowest BCUT2D eigenvalue weighted by Crippen LogP contribution is -2.51. The fourth-order valence-electron chi connectivity index (χ4n) is 4.32. The number of carbonyl (C=O) groups excluding carboxylic acids is 4. The van der Waals surface area contributed by atoms with Gasteiger partial charge in [0.05, 0.1) is 23.5 Å². The Morgan fingerprint density at radius 3 is 2.82 bits per heavy atom. The minimum absolute atomic E-state index is 0.00496. The Balaban J connectivity index is 1.35. The van der Waals surface area contributed by atoms with E-state index in [1.165, 1.54) is 7.11 Å². The van der Waals surface area contributed by atoms with Crippen LogP contribution in [0.2, 0.25) is 0 Å². The highest BCUT2D eigenvalue weighted by molar-refractivity contribution is 8.18. The summed E-state index contributed by atoms with van der Waals surface area (Å²) in [6.07, 6.45) is 2.83. The van der Waals surface area contributed by atoms with E-state index in [9.17, 15) is 19.2 Å². The summed E-state index contributed by atoms with van der Waals surface area (Å²) < 4.78 is 10.8. The smallest absolute Gasteiger partial charge is 0.293 e. The summed E-state index contributed by atoms with van der Waals surface area (Å²) in [4.78, 5) is 53.0. The molecule has 34 heavy (non-hydrogen) atoms. The van der Waals surface area contributed by atoms with E-state index in [2.05, 4.69) is 5.32 Å². The summed E-state index contributed by atoms with van der Waals surface area (Å²) in [5.41, 5.74) is 0.705. The second kappa shape index (κ2) is 9.91. The Kier molecular flexibility index (Phi) is 7.13. The van der Waals surface area contributed by atoms with Crippen molar-refractivity contribution in [3.8, 4) is 11.5 Å². The first kappa shape index (κ1) is 24.5. The number of hydrogen-bond donors (Lipinski definition) is 1. The fraction of sp³-hybridized carbons (Fsp3) is 0.478. The molecule has 1 aromatic rings. The van der Waals surface area contributed by atoms with Crippen molar-refractivity contribution in [3.05, 3.63) is 28.7 Å². The number of methoxy groups -OCH3 is 1. The van der Waals surface area contributed by atoms with E-state index in [1.807, 2.05) is 13.8 Å². The molecule has 2 atom stereocenters. The van der Waals surface area contributed by atoms with E-state index in [4.69, 9.17) is 9.47 Å². The first-order valence-corrected chi connectivity index (χ1v) is 12.9. The van der Waals surface area contributed by atoms with Crippen LogP contribution in [0.25, 0.3) is 6.08 Å². The zero-order valence-corrected chi connectivity index (χ0v) is 20.9. The zero-order chi connectivity index (χ0) is 24.5. The van der Waals surface area contributed by atoms with Gasteiger partial charge in [-0.1, -0.05) is 6.07 Å². The van der Waals surface area contributed by atoms with Gasteiger partial charge in [0.2, 0.25) is 11.8 Å². The van der Waals surface area contributed by atoms with Gasteiger partial charge in [-0.3, -0.25) is 24.1 Å². The average molecular weight is 506 g/mol. The molecule has 0 aliphatic carbocycles. The van der Waals surface area contributed by atoms with Crippen molar-refractivity contribution >= 4 is 52.6 Å². The number of ether oxygens (including phenoxy) is 2. The number of rotatable bonds is 8. The first-order chi connectivity index (χ1) is 16.3. The maximum absolute atomic E-state index is 12.8. The molecule has 2 unspecified atom stereocenters. The molecule has 0 saturated carbocycles. The van der Waals surface area contributed by atoms with Crippen molar-refractivity contribution in [1.29, 1.82) is 0 Å².